The number of benzene rings is 1. The number of thiophene rings is 1. The molecule has 1 unspecified atom stereocenters. The van der Waals surface area contributed by atoms with Crippen molar-refractivity contribution in [2.24, 2.45) is 5.84 Å². The average molecular weight is 272 g/mol. The fraction of sp³-hybridized carbons (Fsp3) is 0.375. The normalized spacial score (nSPS) is 16.1. The molecule has 1 aliphatic rings. The minimum Gasteiger partial charge on any atom is -0.271 e. The fourth-order valence-electron chi connectivity index (χ4n) is 2.85. The lowest BCUT2D eigenvalue weighted by Crippen LogP contribution is -2.28. The number of fused-ring (bicyclic) bond motifs is 1. The summed E-state index contributed by atoms with van der Waals surface area (Å²) in [5.74, 6) is 5.80. The Labute approximate surface area is 118 Å². The Morgan fingerprint density at radius 3 is 2.79 bits per heavy atom. The van der Waals surface area contributed by atoms with Crippen LogP contribution in [0.15, 0.2) is 30.3 Å². The molecule has 19 heavy (non-hydrogen) atoms. The molecule has 1 heterocycles. The van der Waals surface area contributed by atoms with Gasteiger partial charge in [-0.05, 0) is 49.8 Å². The van der Waals surface area contributed by atoms with Gasteiger partial charge in [0, 0.05) is 9.75 Å². The first-order valence-corrected chi connectivity index (χ1v) is 7.74. The molecule has 0 fully saturated rings. The maximum atomic E-state index is 5.80. The van der Waals surface area contributed by atoms with E-state index in [1.807, 2.05) is 11.3 Å². The molecule has 3 N–H and O–H groups in total. The second kappa shape index (κ2) is 5.45. The molecule has 0 spiro atoms. The largest absolute Gasteiger partial charge is 0.271 e. The van der Waals surface area contributed by atoms with Crippen LogP contribution in [0.2, 0.25) is 0 Å². The third kappa shape index (κ3) is 2.59. The Balaban J connectivity index is 1.96. The molecule has 100 valence electrons. The average Bonchev–Trinajstić information content (AvgIpc) is 2.83. The minimum atomic E-state index is 0.121. The lowest BCUT2D eigenvalue weighted by Gasteiger charge is -2.15. The summed E-state index contributed by atoms with van der Waals surface area (Å²) in [5, 5.41) is 0. The summed E-state index contributed by atoms with van der Waals surface area (Å²) < 4.78 is 0. The molecular weight excluding hydrogens is 252 g/mol. The van der Waals surface area contributed by atoms with E-state index < -0.39 is 0 Å². The maximum absolute atomic E-state index is 5.80. The first-order chi connectivity index (χ1) is 9.28. The van der Waals surface area contributed by atoms with Crippen LogP contribution in [0.3, 0.4) is 0 Å². The van der Waals surface area contributed by atoms with Crippen LogP contribution in [0.1, 0.15) is 45.3 Å². The summed E-state index contributed by atoms with van der Waals surface area (Å²) in [7, 11) is 0. The predicted molar refractivity (Wildman–Crippen MR) is 81.3 cm³/mol. The molecule has 0 radical (unpaired) electrons. The van der Waals surface area contributed by atoms with E-state index in [1.54, 1.807) is 10.4 Å². The molecule has 0 saturated heterocycles. The molecule has 0 saturated carbocycles. The van der Waals surface area contributed by atoms with E-state index in [4.69, 9.17) is 5.84 Å². The van der Waals surface area contributed by atoms with Gasteiger partial charge in [-0.25, -0.2) is 5.43 Å². The van der Waals surface area contributed by atoms with Crippen molar-refractivity contribution in [1.29, 1.82) is 0 Å². The number of hydrazine groups is 1. The van der Waals surface area contributed by atoms with Gasteiger partial charge in [-0.15, -0.1) is 11.3 Å². The molecule has 2 nitrogen and oxygen atoms in total. The number of hydrogen-bond acceptors (Lipinski definition) is 3. The van der Waals surface area contributed by atoms with Crippen LogP contribution in [0.5, 0.6) is 0 Å². The van der Waals surface area contributed by atoms with E-state index in [1.165, 1.54) is 41.7 Å². The molecule has 1 atom stereocenters. The van der Waals surface area contributed by atoms with Gasteiger partial charge in [0.2, 0.25) is 0 Å². The van der Waals surface area contributed by atoms with Crippen molar-refractivity contribution in [3.63, 3.8) is 0 Å². The number of hydrogen-bond donors (Lipinski definition) is 2. The van der Waals surface area contributed by atoms with Crippen LogP contribution in [-0.4, -0.2) is 0 Å². The molecule has 3 heteroatoms. The third-order valence-corrected chi connectivity index (χ3v) is 5.14. The second-order valence-electron chi connectivity index (χ2n) is 5.32. The number of aryl methyl sites for hydroxylation is 3. The molecule has 1 aromatic heterocycles. The van der Waals surface area contributed by atoms with Crippen LogP contribution < -0.4 is 11.3 Å². The number of rotatable bonds is 3. The van der Waals surface area contributed by atoms with Crippen molar-refractivity contribution in [3.05, 3.63) is 56.8 Å². The van der Waals surface area contributed by atoms with E-state index in [0.717, 1.165) is 0 Å². The summed E-state index contributed by atoms with van der Waals surface area (Å²) >= 11 is 1.93. The van der Waals surface area contributed by atoms with Crippen molar-refractivity contribution >= 4 is 11.3 Å². The smallest absolute Gasteiger partial charge is 0.0802 e. The van der Waals surface area contributed by atoms with Crippen molar-refractivity contribution in [2.75, 3.05) is 0 Å². The monoisotopic (exact) mass is 272 g/mol. The topological polar surface area (TPSA) is 38.0 Å². The molecule has 0 aliphatic heterocycles. The summed E-state index contributed by atoms with van der Waals surface area (Å²) in [6.07, 6.45) is 5.13. The summed E-state index contributed by atoms with van der Waals surface area (Å²) in [5.41, 5.74) is 7.05. The zero-order valence-corrected chi connectivity index (χ0v) is 12.1. The summed E-state index contributed by atoms with van der Waals surface area (Å²) in [4.78, 5) is 2.91. The van der Waals surface area contributed by atoms with Crippen LogP contribution in [0.25, 0.3) is 0 Å². The Morgan fingerprint density at radius 1 is 1.21 bits per heavy atom. The van der Waals surface area contributed by atoms with Gasteiger partial charge in [0.1, 0.15) is 0 Å². The summed E-state index contributed by atoms with van der Waals surface area (Å²) in [6.45, 7) is 2.12. The minimum absolute atomic E-state index is 0.121. The quantitative estimate of drug-likeness (QED) is 0.663. The first-order valence-electron chi connectivity index (χ1n) is 6.92. The number of nitrogens with one attached hydrogen (secondary N) is 1. The molecule has 0 amide bonds. The second-order valence-corrected chi connectivity index (χ2v) is 6.49. The van der Waals surface area contributed by atoms with Gasteiger partial charge in [0.05, 0.1) is 6.04 Å². The van der Waals surface area contributed by atoms with E-state index >= 15 is 0 Å². The van der Waals surface area contributed by atoms with Gasteiger partial charge >= 0.3 is 0 Å². The van der Waals surface area contributed by atoms with E-state index in [9.17, 15) is 0 Å². The van der Waals surface area contributed by atoms with Crippen LogP contribution in [0.4, 0.5) is 0 Å². The highest BCUT2D eigenvalue weighted by atomic mass is 32.1. The zero-order valence-electron chi connectivity index (χ0n) is 11.3. The zero-order chi connectivity index (χ0) is 13.2. The van der Waals surface area contributed by atoms with Gasteiger partial charge in [-0.1, -0.05) is 29.8 Å². The van der Waals surface area contributed by atoms with Crippen molar-refractivity contribution < 1.29 is 0 Å². The fourth-order valence-corrected chi connectivity index (χ4v) is 4.19. The van der Waals surface area contributed by atoms with E-state index in [0.29, 0.717) is 0 Å². The molecule has 1 aromatic carbocycles. The van der Waals surface area contributed by atoms with Gasteiger partial charge in [-0.2, -0.15) is 0 Å². The molecule has 2 aromatic rings. The van der Waals surface area contributed by atoms with Gasteiger partial charge in [0.15, 0.2) is 0 Å². The third-order valence-electron chi connectivity index (χ3n) is 3.84. The van der Waals surface area contributed by atoms with Gasteiger partial charge in [0.25, 0.3) is 0 Å². The maximum Gasteiger partial charge on any atom is 0.0802 e. The highest BCUT2D eigenvalue weighted by molar-refractivity contribution is 7.12. The van der Waals surface area contributed by atoms with Crippen molar-refractivity contribution in [3.8, 4) is 0 Å². The lowest BCUT2D eigenvalue weighted by molar-refractivity contribution is 0.645. The highest BCUT2D eigenvalue weighted by Crippen LogP contribution is 2.35. The van der Waals surface area contributed by atoms with E-state index in [2.05, 4.69) is 42.7 Å². The van der Waals surface area contributed by atoms with Crippen LogP contribution in [0, 0.1) is 6.92 Å². The molecule has 3 rings (SSSR count). The predicted octanol–water partition coefficient (Wildman–Crippen LogP) is 3.49. The standard InChI is InChI=1S/C16H20N2S/c1-11-5-4-7-13(9-11)16(18-17)15-10-12-6-2-3-8-14(12)19-15/h4-5,7,9-10,16,18H,2-3,6,8,17H2,1H3. The Kier molecular flexibility index (Phi) is 3.69. The van der Waals surface area contributed by atoms with Gasteiger partial charge < -0.3 is 0 Å². The van der Waals surface area contributed by atoms with E-state index in [-0.39, 0.29) is 6.04 Å². The molecular formula is C16H20N2S. The summed E-state index contributed by atoms with van der Waals surface area (Å²) in [6, 6.07) is 11.1. The Hall–Kier alpha value is -1.16. The molecule has 1 aliphatic carbocycles. The highest BCUT2D eigenvalue weighted by Gasteiger charge is 2.19. The Morgan fingerprint density at radius 2 is 2.05 bits per heavy atom. The van der Waals surface area contributed by atoms with Crippen LogP contribution in [-0.2, 0) is 12.8 Å². The SMILES string of the molecule is Cc1cccc(C(NN)c2cc3c(s2)CCCC3)c1. The first kappa shape index (κ1) is 12.9. The lowest BCUT2D eigenvalue weighted by atomic mass is 9.97. The molecule has 0 bridgehead atoms. The van der Waals surface area contributed by atoms with Crippen LogP contribution >= 0.6 is 11.3 Å². The van der Waals surface area contributed by atoms with Gasteiger partial charge in [-0.3, -0.25) is 5.84 Å². The van der Waals surface area contributed by atoms with Crippen molar-refractivity contribution in [2.45, 2.75) is 38.6 Å². The van der Waals surface area contributed by atoms with Crippen molar-refractivity contribution in [1.82, 2.24) is 5.43 Å². The number of nitrogens with two attached hydrogens (primary N) is 1. The Bertz CT molecular complexity index is 550.